The maximum absolute atomic E-state index is 11.5. The zero-order chi connectivity index (χ0) is 16.4. The minimum absolute atomic E-state index is 0.250. The smallest absolute Gasteiger partial charge is 0.373 e. The summed E-state index contributed by atoms with van der Waals surface area (Å²) in [6.45, 7) is 3.31. The lowest BCUT2D eigenvalue weighted by atomic mass is 9.87. The summed E-state index contributed by atoms with van der Waals surface area (Å²) in [6.07, 6.45) is 0.250. The van der Waals surface area contributed by atoms with Gasteiger partial charge in [0.15, 0.2) is 0 Å². The van der Waals surface area contributed by atoms with Crippen molar-refractivity contribution >= 4 is 12.1 Å². The van der Waals surface area contributed by atoms with Crippen LogP contribution in [-0.2, 0) is 19.1 Å². The van der Waals surface area contributed by atoms with Crippen LogP contribution < -0.4 is 0 Å². The number of aryl methyl sites for hydroxylation is 1. The first kappa shape index (κ1) is 18.5. The fourth-order valence-corrected chi connectivity index (χ4v) is 1.88. The highest BCUT2D eigenvalue weighted by atomic mass is 16.6. The molecule has 0 amide bonds. The number of esters is 1. The Labute approximate surface area is 122 Å². The maximum Gasteiger partial charge on any atom is 0.373 e. The van der Waals surface area contributed by atoms with E-state index in [0.29, 0.717) is 0 Å². The summed E-state index contributed by atoms with van der Waals surface area (Å²) < 4.78 is 4.66. The second-order valence-electron chi connectivity index (χ2n) is 4.43. The first-order valence-electron chi connectivity index (χ1n) is 6.12. The predicted octanol–water partition coefficient (Wildman–Crippen LogP) is 1.58. The maximum atomic E-state index is 11.5. The van der Waals surface area contributed by atoms with Gasteiger partial charge in [-0.3, -0.25) is 14.9 Å². The van der Waals surface area contributed by atoms with Gasteiger partial charge in [0.05, 0.1) is 18.9 Å². The molecule has 0 saturated heterocycles. The molecule has 7 heteroatoms. The van der Waals surface area contributed by atoms with Gasteiger partial charge in [0.2, 0.25) is 6.54 Å². The van der Waals surface area contributed by atoms with Crippen molar-refractivity contribution in [2.24, 2.45) is 5.92 Å². The average molecular weight is 295 g/mol. The van der Waals surface area contributed by atoms with Gasteiger partial charge in [0.25, 0.3) is 0 Å². The highest BCUT2D eigenvalue weighted by molar-refractivity contribution is 5.73. The summed E-state index contributed by atoms with van der Waals surface area (Å²) in [5.74, 6) is -1.43. The number of rotatable bonds is 5. The molecule has 0 bridgehead atoms. The van der Waals surface area contributed by atoms with Crippen LogP contribution in [0.15, 0.2) is 24.3 Å². The molecule has 0 saturated carbocycles. The van der Waals surface area contributed by atoms with Gasteiger partial charge in [-0.05, 0) is 12.5 Å². The summed E-state index contributed by atoms with van der Waals surface area (Å²) in [4.78, 5) is 38.1. The van der Waals surface area contributed by atoms with Crippen LogP contribution in [0.1, 0.15) is 24.0 Å². The van der Waals surface area contributed by atoms with Crippen molar-refractivity contribution in [3.63, 3.8) is 0 Å². The number of ether oxygens (including phenoxy) is 1. The Morgan fingerprint density at radius 1 is 1.33 bits per heavy atom. The first-order valence-corrected chi connectivity index (χ1v) is 6.12. The van der Waals surface area contributed by atoms with E-state index in [-0.39, 0.29) is 12.7 Å². The topological polar surface area (TPSA) is 104 Å². The zero-order valence-corrected chi connectivity index (χ0v) is 12.1. The van der Waals surface area contributed by atoms with E-state index in [0.717, 1.165) is 11.1 Å². The molecule has 114 valence electrons. The molecular formula is C14H17NO6. The largest absolute Gasteiger partial charge is 0.469 e. The van der Waals surface area contributed by atoms with Crippen molar-refractivity contribution in [3.8, 4) is 0 Å². The molecule has 1 rings (SSSR count). The van der Waals surface area contributed by atoms with Gasteiger partial charge in [0.1, 0.15) is 0 Å². The van der Waals surface area contributed by atoms with Gasteiger partial charge in [-0.15, -0.1) is 0 Å². The van der Waals surface area contributed by atoms with E-state index >= 15 is 0 Å². The van der Waals surface area contributed by atoms with Crippen LogP contribution in [0.25, 0.3) is 0 Å². The Morgan fingerprint density at radius 2 is 1.81 bits per heavy atom. The predicted molar refractivity (Wildman–Crippen MR) is 72.0 cm³/mol. The van der Waals surface area contributed by atoms with Crippen LogP contribution in [0.5, 0.6) is 0 Å². The number of carbonyl (C=O) groups excluding carboxylic acids is 3. The van der Waals surface area contributed by atoms with Crippen molar-refractivity contribution < 1.29 is 24.0 Å². The van der Waals surface area contributed by atoms with Crippen molar-refractivity contribution in [2.45, 2.75) is 19.8 Å². The molecule has 2 unspecified atom stereocenters. The van der Waals surface area contributed by atoms with Crippen LogP contribution in [0.4, 0.5) is 0 Å². The van der Waals surface area contributed by atoms with E-state index in [2.05, 4.69) is 4.74 Å². The number of hydrogen-bond acceptors (Lipinski definition) is 6. The standard InChI is InChI=1S/C13H17NO4.CO2/c1-9-4-6-11(7-5-9)12(8-14(16)17)10(2)13(15)18-3;2-1-3/h4-7,10,12H,8H2,1-3H3;. The monoisotopic (exact) mass is 295 g/mol. The fraction of sp³-hybridized carbons (Fsp3) is 0.429. The average Bonchev–Trinajstić information content (AvgIpc) is 2.45. The quantitative estimate of drug-likeness (QED) is 0.464. The van der Waals surface area contributed by atoms with Crippen molar-refractivity contribution in [3.05, 3.63) is 45.5 Å². The minimum Gasteiger partial charge on any atom is -0.469 e. The highest BCUT2D eigenvalue weighted by Gasteiger charge is 2.30. The van der Waals surface area contributed by atoms with E-state index in [1.54, 1.807) is 6.92 Å². The Bertz CT molecular complexity index is 505. The molecule has 0 aliphatic rings. The Morgan fingerprint density at radius 3 is 2.19 bits per heavy atom. The molecule has 0 radical (unpaired) electrons. The molecule has 0 fully saturated rings. The molecular weight excluding hydrogens is 278 g/mol. The van der Waals surface area contributed by atoms with Crippen LogP contribution in [0, 0.1) is 23.0 Å². The molecule has 0 spiro atoms. The van der Waals surface area contributed by atoms with Gasteiger partial charge in [-0.1, -0.05) is 36.8 Å². The summed E-state index contributed by atoms with van der Waals surface area (Å²) in [5.41, 5.74) is 1.86. The van der Waals surface area contributed by atoms with Crippen LogP contribution in [0.2, 0.25) is 0 Å². The van der Waals surface area contributed by atoms with E-state index in [1.165, 1.54) is 7.11 Å². The van der Waals surface area contributed by atoms with E-state index in [4.69, 9.17) is 9.59 Å². The molecule has 0 aromatic heterocycles. The second kappa shape index (κ2) is 9.39. The SMILES string of the molecule is COC(=O)C(C)C(C[N+](=O)[O-])c1ccc(C)cc1.O=C=O. The second-order valence-corrected chi connectivity index (χ2v) is 4.43. The van der Waals surface area contributed by atoms with Gasteiger partial charge in [0, 0.05) is 4.92 Å². The van der Waals surface area contributed by atoms with Gasteiger partial charge >= 0.3 is 12.1 Å². The Balaban J connectivity index is 0.00000122. The van der Waals surface area contributed by atoms with Gasteiger partial charge < -0.3 is 4.74 Å². The van der Waals surface area contributed by atoms with Crippen LogP contribution >= 0.6 is 0 Å². The van der Waals surface area contributed by atoms with Gasteiger partial charge in [-0.25, -0.2) is 0 Å². The normalized spacial score (nSPS) is 12.1. The number of hydrogen-bond donors (Lipinski definition) is 0. The third-order valence-corrected chi connectivity index (χ3v) is 3.03. The molecule has 1 aromatic rings. The molecule has 2 atom stereocenters. The number of nitrogens with zero attached hydrogens (tertiary/aromatic N) is 1. The molecule has 0 N–H and O–H groups in total. The van der Waals surface area contributed by atoms with Crippen LogP contribution in [-0.4, -0.2) is 30.7 Å². The fourth-order valence-electron chi connectivity index (χ4n) is 1.88. The third-order valence-electron chi connectivity index (χ3n) is 3.03. The summed E-state index contributed by atoms with van der Waals surface area (Å²) in [7, 11) is 1.29. The lowest BCUT2D eigenvalue weighted by Gasteiger charge is -2.19. The summed E-state index contributed by atoms with van der Waals surface area (Å²) in [5, 5.41) is 10.7. The Hall–Kier alpha value is -2.53. The number of nitro groups is 1. The number of methoxy groups -OCH3 is 1. The van der Waals surface area contributed by atoms with E-state index < -0.39 is 22.7 Å². The van der Waals surface area contributed by atoms with Crippen molar-refractivity contribution in [1.82, 2.24) is 0 Å². The number of carbonyl (C=O) groups is 1. The third kappa shape index (κ3) is 6.44. The van der Waals surface area contributed by atoms with Crippen LogP contribution in [0.3, 0.4) is 0 Å². The first-order chi connectivity index (χ1) is 9.87. The molecule has 21 heavy (non-hydrogen) atoms. The molecule has 0 aliphatic heterocycles. The van der Waals surface area contributed by atoms with Crippen molar-refractivity contribution in [1.29, 1.82) is 0 Å². The number of benzene rings is 1. The molecule has 1 aromatic carbocycles. The zero-order valence-electron chi connectivity index (χ0n) is 12.1. The minimum atomic E-state index is -0.539. The van der Waals surface area contributed by atoms with E-state index in [1.807, 2.05) is 31.2 Å². The molecule has 0 aliphatic carbocycles. The molecule has 0 heterocycles. The van der Waals surface area contributed by atoms with Crippen molar-refractivity contribution in [2.75, 3.05) is 13.7 Å². The van der Waals surface area contributed by atoms with E-state index in [9.17, 15) is 14.9 Å². The van der Waals surface area contributed by atoms with Gasteiger partial charge in [-0.2, -0.15) is 9.59 Å². The highest BCUT2D eigenvalue weighted by Crippen LogP contribution is 2.26. The Kier molecular flexibility index (Phi) is 8.26. The lowest BCUT2D eigenvalue weighted by molar-refractivity contribution is -0.484. The molecule has 7 nitrogen and oxygen atoms in total. The lowest BCUT2D eigenvalue weighted by Crippen LogP contribution is -2.26. The summed E-state index contributed by atoms with van der Waals surface area (Å²) in [6, 6.07) is 7.41. The summed E-state index contributed by atoms with van der Waals surface area (Å²) >= 11 is 0.